The summed E-state index contributed by atoms with van der Waals surface area (Å²) in [6.07, 6.45) is 0. The molecule has 0 saturated carbocycles. The quantitative estimate of drug-likeness (QED) is 0.893. The number of aryl methyl sites for hydroxylation is 2. The van der Waals surface area contributed by atoms with Gasteiger partial charge in [0, 0.05) is 17.9 Å². The van der Waals surface area contributed by atoms with Gasteiger partial charge in [-0.15, -0.1) is 0 Å². The number of pyridine rings is 2. The molecule has 94 valence electrons. The number of rotatable bonds is 4. The lowest BCUT2D eigenvalue weighted by Crippen LogP contribution is -2.06. The van der Waals surface area contributed by atoms with Gasteiger partial charge in [0.15, 0.2) is 0 Å². The van der Waals surface area contributed by atoms with Crippen molar-refractivity contribution in [2.45, 2.75) is 27.0 Å². The average molecular weight is 243 g/mol. The minimum Gasteiger partial charge on any atom is -0.485 e. The van der Waals surface area contributed by atoms with Crippen LogP contribution in [-0.4, -0.2) is 9.97 Å². The van der Waals surface area contributed by atoms with Gasteiger partial charge < -0.3 is 10.5 Å². The van der Waals surface area contributed by atoms with Crippen molar-refractivity contribution in [3.05, 3.63) is 53.1 Å². The summed E-state index contributed by atoms with van der Waals surface area (Å²) in [7, 11) is 0. The van der Waals surface area contributed by atoms with E-state index in [0.717, 1.165) is 28.5 Å². The van der Waals surface area contributed by atoms with Crippen molar-refractivity contribution in [3.63, 3.8) is 0 Å². The molecule has 0 amide bonds. The summed E-state index contributed by atoms with van der Waals surface area (Å²) in [5, 5.41) is 0. The topological polar surface area (TPSA) is 61.0 Å². The molecule has 2 rings (SSSR count). The fourth-order valence-corrected chi connectivity index (χ4v) is 1.71. The Bertz CT molecular complexity index is 540. The van der Waals surface area contributed by atoms with Gasteiger partial charge in [-0.25, -0.2) is 0 Å². The van der Waals surface area contributed by atoms with Gasteiger partial charge in [-0.1, -0.05) is 6.07 Å². The molecule has 18 heavy (non-hydrogen) atoms. The fourth-order valence-electron chi connectivity index (χ4n) is 1.71. The molecule has 0 radical (unpaired) electrons. The molecule has 2 N–H and O–H groups in total. The van der Waals surface area contributed by atoms with Crippen LogP contribution in [0, 0.1) is 13.8 Å². The summed E-state index contributed by atoms with van der Waals surface area (Å²) in [4.78, 5) is 8.74. The molecule has 2 aromatic heterocycles. The Labute approximate surface area is 107 Å². The van der Waals surface area contributed by atoms with Gasteiger partial charge >= 0.3 is 0 Å². The van der Waals surface area contributed by atoms with E-state index in [1.807, 2.05) is 44.2 Å². The van der Waals surface area contributed by atoms with Crippen molar-refractivity contribution < 1.29 is 4.74 Å². The normalized spacial score (nSPS) is 10.4. The van der Waals surface area contributed by atoms with Crippen molar-refractivity contribution in [3.8, 4) is 5.75 Å². The van der Waals surface area contributed by atoms with E-state index in [1.54, 1.807) is 0 Å². The van der Waals surface area contributed by atoms with Gasteiger partial charge in [-0.2, -0.15) is 0 Å². The first kappa shape index (κ1) is 12.5. The molecule has 4 nitrogen and oxygen atoms in total. The number of hydrogen-bond donors (Lipinski definition) is 1. The zero-order valence-electron chi connectivity index (χ0n) is 10.7. The van der Waals surface area contributed by atoms with Gasteiger partial charge in [-0.3, -0.25) is 9.97 Å². The van der Waals surface area contributed by atoms with Gasteiger partial charge in [0.2, 0.25) is 0 Å². The number of nitrogens with two attached hydrogens (primary N) is 1. The van der Waals surface area contributed by atoms with Gasteiger partial charge in [0.1, 0.15) is 12.4 Å². The van der Waals surface area contributed by atoms with E-state index >= 15 is 0 Å². The maximum Gasteiger partial charge on any atom is 0.142 e. The first-order valence-corrected chi connectivity index (χ1v) is 5.91. The van der Waals surface area contributed by atoms with Crippen molar-refractivity contribution in [1.29, 1.82) is 0 Å². The largest absolute Gasteiger partial charge is 0.485 e. The molecule has 0 aromatic carbocycles. The first-order valence-electron chi connectivity index (χ1n) is 5.91. The molecule has 0 aliphatic heterocycles. The highest BCUT2D eigenvalue weighted by Crippen LogP contribution is 2.17. The highest BCUT2D eigenvalue weighted by atomic mass is 16.5. The fraction of sp³-hybridized carbons (Fsp3) is 0.286. The SMILES string of the molecule is Cc1cccc(COc2ccc(C)nc2CN)n1. The van der Waals surface area contributed by atoms with E-state index in [1.165, 1.54) is 0 Å². The van der Waals surface area contributed by atoms with E-state index in [-0.39, 0.29) is 0 Å². The second kappa shape index (κ2) is 5.60. The molecule has 0 spiro atoms. The number of aromatic nitrogens is 2. The molecule has 2 aromatic rings. The van der Waals surface area contributed by atoms with E-state index in [0.29, 0.717) is 13.2 Å². The highest BCUT2D eigenvalue weighted by Gasteiger charge is 2.05. The summed E-state index contributed by atoms with van der Waals surface area (Å²) >= 11 is 0. The molecule has 2 heterocycles. The molecular formula is C14H17N3O. The number of ether oxygens (including phenoxy) is 1. The third kappa shape index (κ3) is 3.05. The number of hydrogen-bond acceptors (Lipinski definition) is 4. The average Bonchev–Trinajstić information content (AvgIpc) is 2.37. The summed E-state index contributed by atoms with van der Waals surface area (Å²) in [6, 6.07) is 9.69. The van der Waals surface area contributed by atoms with E-state index in [4.69, 9.17) is 10.5 Å². The molecule has 0 bridgehead atoms. The zero-order valence-corrected chi connectivity index (χ0v) is 10.7. The van der Waals surface area contributed by atoms with Crippen LogP contribution in [0.2, 0.25) is 0 Å². The van der Waals surface area contributed by atoms with Crippen LogP contribution < -0.4 is 10.5 Å². The third-order valence-electron chi connectivity index (χ3n) is 2.59. The maximum absolute atomic E-state index is 5.72. The minimum absolute atomic E-state index is 0.373. The Morgan fingerprint density at radius 1 is 1.06 bits per heavy atom. The molecule has 0 aliphatic carbocycles. The van der Waals surface area contributed by atoms with Crippen LogP contribution >= 0.6 is 0 Å². The van der Waals surface area contributed by atoms with E-state index in [2.05, 4.69) is 9.97 Å². The lowest BCUT2D eigenvalue weighted by Gasteiger charge is -2.10. The van der Waals surface area contributed by atoms with Gasteiger partial charge in [0.05, 0.1) is 11.4 Å². The van der Waals surface area contributed by atoms with Crippen molar-refractivity contribution >= 4 is 0 Å². The molecule has 4 heteroatoms. The molecule has 0 aliphatic rings. The Morgan fingerprint density at radius 2 is 1.83 bits per heavy atom. The molecule has 0 unspecified atom stereocenters. The summed E-state index contributed by atoms with van der Waals surface area (Å²) < 4.78 is 5.72. The van der Waals surface area contributed by atoms with Gasteiger partial charge in [-0.05, 0) is 38.1 Å². The van der Waals surface area contributed by atoms with Crippen LogP contribution in [0.5, 0.6) is 5.75 Å². The zero-order chi connectivity index (χ0) is 13.0. The highest BCUT2D eigenvalue weighted by molar-refractivity contribution is 5.29. The lowest BCUT2D eigenvalue weighted by molar-refractivity contribution is 0.296. The second-order valence-electron chi connectivity index (χ2n) is 4.16. The van der Waals surface area contributed by atoms with Crippen LogP contribution in [0.1, 0.15) is 22.8 Å². The minimum atomic E-state index is 0.373. The predicted octanol–water partition coefficient (Wildman–Crippen LogP) is 2.13. The van der Waals surface area contributed by atoms with E-state index in [9.17, 15) is 0 Å². The Hall–Kier alpha value is -1.94. The Balaban J connectivity index is 2.10. The number of nitrogens with zero attached hydrogens (tertiary/aromatic N) is 2. The van der Waals surface area contributed by atoms with Gasteiger partial charge in [0.25, 0.3) is 0 Å². The summed E-state index contributed by atoms with van der Waals surface area (Å²) in [5.74, 6) is 0.728. The van der Waals surface area contributed by atoms with Crippen molar-refractivity contribution in [1.82, 2.24) is 9.97 Å². The van der Waals surface area contributed by atoms with Crippen LogP contribution in [0.15, 0.2) is 30.3 Å². The second-order valence-corrected chi connectivity index (χ2v) is 4.16. The standard InChI is InChI=1S/C14H17N3O/c1-10-4-3-5-12(16-10)9-18-14-7-6-11(2)17-13(14)8-15/h3-7H,8-9,15H2,1-2H3. The lowest BCUT2D eigenvalue weighted by atomic mass is 10.3. The molecular weight excluding hydrogens is 226 g/mol. The Kier molecular flexibility index (Phi) is 3.89. The third-order valence-corrected chi connectivity index (χ3v) is 2.59. The van der Waals surface area contributed by atoms with Crippen molar-refractivity contribution in [2.75, 3.05) is 0 Å². The van der Waals surface area contributed by atoms with Crippen LogP contribution in [-0.2, 0) is 13.2 Å². The van der Waals surface area contributed by atoms with Crippen LogP contribution in [0.4, 0.5) is 0 Å². The van der Waals surface area contributed by atoms with Crippen molar-refractivity contribution in [2.24, 2.45) is 5.73 Å². The van der Waals surface area contributed by atoms with E-state index < -0.39 is 0 Å². The smallest absolute Gasteiger partial charge is 0.142 e. The summed E-state index contributed by atoms with van der Waals surface area (Å²) in [6.45, 7) is 4.70. The first-order chi connectivity index (χ1) is 8.69. The molecule has 0 fully saturated rings. The molecule has 0 saturated heterocycles. The maximum atomic E-state index is 5.72. The Morgan fingerprint density at radius 3 is 2.56 bits per heavy atom. The van der Waals surface area contributed by atoms with Crippen LogP contribution in [0.25, 0.3) is 0 Å². The predicted molar refractivity (Wildman–Crippen MR) is 70.2 cm³/mol. The molecule has 0 atom stereocenters. The van der Waals surface area contributed by atoms with Crippen LogP contribution in [0.3, 0.4) is 0 Å². The summed E-state index contributed by atoms with van der Waals surface area (Å²) in [5.41, 5.74) is 9.26. The monoisotopic (exact) mass is 243 g/mol.